The highest BCUT2D eigenvalue weighted by atomic mass is 16.5. The quantitative estimate of drug-likeness (QED) is 0.840. The fraction of sp³-hybridized carbons (Fsp3) is 0.929. The Hall–Kier alpha value is -0.650. The van der Waals surface area contributed by atoms with Gasteiger partial charge in [-0.1, -0.05) is 6.92 Å². The molecule has 19 heavy (non-hydrogen) atoms. The molecule has 2 aliphatic heterocycles. The van der Waals surface area contributed by atoms with E-state index >= 15 is 0 Å². The lowest BCUT2D eigenvalue weighted by Gasteiger charge is -2.46. The Morgan fingerprint density at radius 3 is 2.95 bits per heavy atom. The Bertz CT molecular complexity index is 323. The molecule has 0 aromatic rings. The van der Waals surface area contributed by atoms with Crippen molar-refractivity contribution in [2.24, 2.45) is 0 Å². The van der Waals surface area contributed by atoms with Crippen molar-refractivity contribution in [1.29, 1.82) is 0 Å². The van der Waals surface area contributed by atoms with E-state index in [4.69, 9.17) is 14.6 Å². The van der Waals surface area contributed by atoms with Gasteiger partial charge in [0.15, 0.2) is 0 Å². The van der Waals surface area contributed by atoms with Crippen molar-refractivity contribution >= 4 is 5.97 Å². The maximum atomic E-state index is 11.0. The zero-order chi connectivity index (χ0) is 13.9. The van der Waals surface area contributed by atoms with Gasteiger partial charge in [0.1, 0.15) is 0 Å². The molecule has 0 amide bonds. The lowest BCUT2D eigenvalue weighted by molar-refractivity contribution is -0.144. The van der Waals surface area contributed by atoms with Gasteiger partial charge >= 0.3 is 5.97 Å². The summed E-state index contributed by atoms with van der Waals surface area (Å²) in [7, 11) is 0. The standard InChI is InChI=1S/C14H25NO4/c1-3-14(2)9-11(4-6-19-14)15-5-7-18-10-12(15)8-13(16)17/h11-12H,3-10H2,1-2H3,(H,16,17). The van der Waals surface area contributed by atoms with Crippen LogP contribution >= 0.6 is 0 Å². The van der Waals surface area contributed by atoms with Crippen LogP contribution < -0.4 is 0 Å². The molecule has 0 aliphatic carbocycles. The van der Waals surface area contributed by atoms with E-state index in [1.165, 1.54) is 0 Å². The van der Waals surface area contributed by atoms with Crippen molar-refractivity contribution in [3.63, 3.8) is 0 Å². The van der Waals surface area contributed by atoms with Crippen molar-refractivity contribution in [2.45, 2.75) is 57.2 Å². The van der Waals surface area contributed by atoms with Crippen LogP contribution in [0, 0.1) is 0 Å². The van der Waals surface area contributed by atoms with Crippen molar-refractivity contribution in [2.75, 3.05) is 26.4 Å². The average molecular weight is 271 g/mol. The van der Waals surface area contributed by atoms with Gasteiger partial charge in [-0.3, -0.25) is 9.69 Å². The normalized spacial score (nSPS) is 37.2. The minimum Gasteiger partial charge on any atom is -0.481 e. The number of morpholine rings is 1. The summed E-state index contributed by atoms with van der Waals surface area (Å²) < 4.78 is 11.3. The molecule has 2 aliphatic rings. The Morgan fingerprint density at radius 2 is 2.26 bits per heavy atom. The molecule has 0 radical (unpaired) electrons. The predicted molar refractivity (Wildman–Crippen MR) is 71.2 cm³/mol. The van der Waals surface area contributed by atoms with Crippen LogP contribution in [0.25, 0.3) is 0 Å². The van der Waals surface area contributed by atoms with Gasteiger partial charge in [-0.25, -0.2) is 0 Å². The number of nitrogens with zero attached hydrogens (tertiary/aromatic N) is 1. The monoisotopic (exact) mass is 271 g/mol. The highest BCUT2D eigenvalue weighted by molar-refractivity contribution is 5.67. The minimum absolute atomic E-state index is 0.00968. The highest BCUT2D eigenvalue weighted by Gasteiger charge is 2.38. The van der Waals surface area contributed by atoms with Gasteiger partial charge in [-0.05, 0) is 26.2 Å². The van der Waals surface area contributed by atoms with Crippen LogP contribution in [0.15, 0.2) is 0 Å². The number of hydrogen-bond donors (Lipinski definition) is 1. The van der Waals surface area contributed by atoms with Gasteiger partial charge in [0.05, 0.1) is 25.2 Å². The average Bonchev–Trinajstić information content (AvgIpc) is 2.39. The van der Waals surface area contributed by atoms with Crippen molar-refractivity contribution in [1.82, 2.24) is 4.90 Å². The fourth-order valence-electron chi connectivity index (χ4n) is 3.16. The molecule has 5 nitrogen and oxygen atoms in total. The minimum atomic E-state index is -0.745. The first-order valence-corrected chi connectivity index (χ1v) is 7.23. The van der Waals surface area contributed by atoms with Gasteiger partial charge in [-0.2, -0.15) is 0 Å². The number of hydrogen-bond acceptors (Lipinski definition) is 4. The summed E-state index contributed by atoms with van der Waals surface area (Å²) in [6.07, 6.45) is 3.14. The number of carboxylic acids is 1. The second kappa shape index (κ2) is 6.20. The zero-order valence-corrected chi connectivity index (χ0v) is 11.9. The predicted octanol–water partition coefficient (Wildman–Crippen LogP) is 1.51. The Kier molecular flexibility index (Phi) is 4.81. The summed E-state index contributed by atoms with van der Waals surface area (Å²) in [5.41, 5.74) is -0.0605. The molecule has 2 fully saturated rings. The number of carbonyl (C=O) groups is 1. The second-order valence-corrected chi connectivity index (χ2v) is 5.86. The molecule has 2 saturated heterocycles. The number of ether oxygens (including phenoxy) is 2. The van der Waals surface area contributed by atoms with Crippen LogP contribution in [0.2, 0.25) is 0 Å². The lowest BCUT2D eigenvalue weighted by atomic mass is 9.88. The summed E-state index contributed by atoms with van der Waals surface area (Å²) in [6, 6.07) is 0.433. The van der Waals surface area contributed by atoms with Crippen molar-refractivity contribution < 1.29 is 19.4 Å². The number of carboxylic acid groups (broad SMARTS) is 1. The third-order valence-electron chi connectivity index (χ3n) is 4.47. The number of rotatable bonds is 4. The fourth-order valence-corrected chi connectivity index (χ4v) is 3.16. The van der Waals surface area contributed by atoms with Crippen LogP contribution in [-0.4, -0.2) is 60.0 Å². The molecule has 0 spiro atoms. The summed E-state index contributed by atoms with van der Waals surface area (Å²) >= 11 is 0. The van der Waals surface area contributed by atoms with Gasteiger partial charge in [0, 0.05) is 25.2 Å². The van der Waals surface area contributed by atoms with E-state index in [2.05, 4.69) is 18.7 Å². The lowest BCUT2D eigenvalue weighted by Crippen LogP contribution is -2.55. The SMILES string of the molecule is CCC1(C)CC(N2CCOCC2CC(=O)O)CCO1. The molecule has 0 bridgehead atoms. The van der Waals surface area contributed by atoms with Crippen molar-refractivity contribution in [3.05, 3.63) is 0 Å². The third kappa shape index (κ3) is 3.68. The largest absolute Gasteiger partial charge is 0.481 e. The van der Waals surface area contributed by atoms with E-state index < -0.39 is 5.97 Å². The second-order valence-electron chi connectivity index (χ2n) is 5.86. The van der Waals surface area contributed by atoms with E-state index in [9.17, 15) is 4.79 Å². The Labute approximate surface area is 114 Å². The van der Waals surface area contributed by atoms with Crippen LogP contribution in [0.5, 0.6) is 0 Å². The first-order chi connectivity index (χ1) is 9.04. The maximum absolute atomic E-state index is 11.0. The van der Waals surface area contributed by atoms with E-state index in [1.807, 2.05) is 0 Å². The van der Waals surface area contributed by atoms with Gasteiger partial charge in [0.25, 0.3) is 0 Å². The van der Waals surface area contributed by atoms with E-state index in [-0.39, 0.29) is 18.1 Å². The van der Waals surface area contributed by atoms with Crippen LogP contribution in [-0.2, 0) is 14.3 Å². The molecule has 110 valence electrons. The zero-order valence-electron chi connectivity index (χ0n) is 11.9. The maximum Gasteiger partial charge on any atom is 0.305 e. The third-order valence-corrected chi connectivity index (χ3v) is 4.47. The smallest absolute Gasteiger partial charge is 0.305 e. The summed E-state index contributed by atoms with van der Waals surface area (Å²) in [6.45, 7) is 7.15. The van der Waals surface area contributed by atoms with Crippen LogP contribution in [0.1, 0.15) is 39.5 Å². The molecule has 0 aromatic carbocycles. The molecule has 5 heteroatoms. The molecular formula is C14H25NO4. The molecule has 0 aromatic heterocycles. The summed E-state index contributed by atoms with van der Waals surface area (Å²) in [5, 5.41) is 9.02. The van der Waals surface area contributed by atoms with Crippen molar-refractivity contribution in [3.8, 4) is 0 Å². The molecule has 2 rings (SSSR count). The first-order valence-electron chi connectivity index (χ1n) is 7.23. The van der Waals surface area contributed by atoms with Crippen LogP contribution in [0.3, 0.4) is 0 Å². The van der Waals surface area contributed by atoms with E-state index in [1.54, 1.807) is 0 Å². The topological polar surface area (TPSA) is 59.0 Å². The van der Waals surface area contributed by atoms with E-state index in [0.29, 0.717) is 19.3 Å². The molecule has 1 N–H and O–H groups in total. The molecule has 3 atom stereocenters. The van der Waals surface area contributed by atoms with E-state index in [0.717, 1.165) is 32.4 Å². The summed E-state index contributed by atoms with van der Waals surface area (Å²) in [5.74, 6) is -0.745. The summed E-state index contributed by atoms with van der Waals surface area (Å²) in [4.78, 5) is 13.3. The molecule has 2 heterocycles. The van der Waals surface area contributed by atoms with Gasteiger partial charge in [0.2, 0.25) is 0 Å². The highest BCUT2D eigenvalue weighted by Crippen LogP contribution is 2.32. The van der Waals surface area contributed by atoms with Gasteiger partial charge < -0.3 is 14.6 Å². The molecule has 3 unspecified atom stereocenters. The molecular weight excluding hydrogens is 246 g/mol. The number of aliphatic carboxylic acids is 1. The van der Waals surface area contributed by atoms with Gasteiger partial charge in [-0.15, -0.1) is 0 Å². The van der Waals surface area contributed by atoms with Crippen LogP contribution in [0.4, 0.5) is 0 Å². The molecule has 0 saturated carbocycles. The Morgan fingerprint density at radius 1 is 1.47 bits per heavy atom. The first kappa shape index (κ1) is 14.8. The Balaban J connectivity index is 2.02.